The van der Waals surface area contributed by atoms with Gasteiger partial charge in [-0.3, -0.25) is 14.4 Å². The van der Waals surface area contributed by atoms with E-state index in [1.54, 1.807) is 12.1 Å². The van der Waals surface area contributed by atoms with E-state index in [2.05, 4.69) is 36.7 Å². The largest absolute Gasteiger partial charge is 0.467 e. The summed E-state index contributed by atoms with van der Waals surface area (Å²) in [5.41, 5.74) is 1.72. The SMILES string of the molecule is COC(=O)[C@@H](CC(C)C)NC(=O)CCCNC(=O)CCNC(=O)c1ccc(C(C)(C)C)cc1. The molecular weight excluding hydrogens is 422 g/mol. The van der Waals surface area contributed by atoms with Crippen LogP contribution in [0, 0.1) is 5.92 Å². The van der Waals surface area contributed by atoms with Crippen LogP contribution in [0.4, 0.5) is 0 Å². The monoisotopic (exact) mass is 461 g/mol. The maximum atomic E-state index is 12.2. The highest BCUT2D eigenvalue weighted by molar-refractivity contribution is 5.94. The molecule has 184 valence electrons. The van der Waals surface area contributed by atoms with Crippen LogP contribution in [0.3, 0.4) is 0 Å². The second kappa shape index (κ2) is 13.6. The van der Waals surface area contributed by atoms with Crippen LogP contribution in [0.25, 0.3) is 0 Å². The van der Waals surface area contributed by atoms with Crippen molar-refractivity contribution in [1.82, 2.24) is 16.0 Å². The molecule has 1 aromatic rings. The third kappa shape index (κ3) is 11.0. The summed E-state index contributed by atoms with van der Waals surface area (Å²) in [6, 6.07) is 6.78. The van der Waals surface area contributed by atoms with E-state index in [-0.39, 0.29) is 48.4 Å². The summed E-state index contributed by atoms with van der Waals surface area (Å²) in [5.74, 6) is -0.910. The fraction of sp³-hybridized carbons (Fsp3) is 0.600. The van der Waals surface area contributed by atoms with Crippen molar-refractivity contribution >= 4 is 23.7 Å². The van der Waals surface area contributed by atoms with E-state index in [0.717, 1.165) is 5.56 Å². The Morgan fingerprint density at radius 3 is 2.09 bits per heavy atom. The molecule has 8 heteroatoms. The molecule has 0 aliphatic heterocycles. The summed E-state index contributed by atoms with van der Waals surface area (Å²) >= 11 is 0. The molecule has 0 aliphatic rings. The normalized spacial score (nSPS) is 12.1. The second-order valence-corrected chi connectivity index (χ2v) is 9.56. The first-order chi connectivity index (χ1) is 15.4. The van der Waals surface area contributed by atoms with Gasteiger partial charge in [-0.2, -0.15) is 0 Å². The van der Waals surface area contributed by atoms with Gasteiger partial charge in [0, 0.05) is 31.5 Å². The lowest BCUT2D eigenvalue weighted by atomic mass is 9.87. The predicted molar refractivity (Wildman–Crippen MR) is 128 cm³/mol. The molecule has 3 N–H and O–H groups in total. The van der Waals surface area contributed by atoms with Crippen molar-refractivity contribution in [3.05, 3.63) is 35.4 Å². The van der Waals surface area contributed by atoms with Crippen molar-refractivity contribution in [3.8, 4) is 0 Å². The van der Waals surface area contributed by atoms with Crippen molar-refractivity contribution in [2.45, 2.75) is 71.8 Å². The van der Waals surface area contributed by atoms with Crippen LogP contribution in [-0.2, 0) is 24.5 Å². The van der Waals surface area contributed by atoms with Gasteiger partial charge < -0.3 is 20.7 Å². The molecule has 0 unspecified atom stereocenters. The lowest BCUT2D eigenvalue weighted by Crippen LogP contribution is -2.42. The van der Waals surface area contributed by atoms with Crippen LogP contribution in [0.1, 0.15) is 76.2 Å². The van der Waals surface area contributed by atoms with Crippen LogP contribution in [0.15, 0.2) is 24.3 Å². The standard InChI is InChI=1S/C25H39N3O5/c1-17(2)16-20(24(32)33-6)28-22(30)8-7-14-26-21(29)13-15-27-23(31)18-9-11-19(12-10-18)25(3,4)5/h9-12,17,20H,7-8,13-16H2,1-6H3,(H,26,29)(H,27,31)(H,28,30)/t20-/m1/s1. The topological polar surface area (TPSA) is 114 Å². The third-order valence-corrected chi connectivity index (χ3v) is 5.08. The van der Waals surface area contributed by atoms with Gasteiger partial charge in [0.1, 0.15) is 6.04 Å². The zero-order valence-electron chi connectivity index (χ0n) is 20.7. The van der Waals surface area contributed by atoms with Gasteiger partial charge in [-0.1, -0.05) is 46.8 Å². The Kier molecular flexibility index (Phi) is 11.6. The molecule has 1 aromatic carbocycles. The van der Waals surface area contributed by atoms with E-state index < -0.39 is 12.0 Å². The number of ether oxygens (including phenoxy) is 1. The van der Waals surface area contributed by atoms with Gasteiger partial charge in [-0.25, -0.2) is 4.79 Å². The minimum Gasteiger partial charge on any atom is -0.467 e. The zero-order valence-corrected chi connectivity index (χ0v) is 20.7. The molecule has 0 spiro atoms. The molecule has 0 heterocycles. The highest BCUT2D eigenvalue weighted by atomic mass is 16.5. The lowest BCUT2D eigenvalue weighted by Gasteiger charge is -2.19. The van der Waals surface area contributed by atoms with Gasteiger partial charge in [0.15, 0.2) is 0 Å². The maximum absolute atomic E-state index is 12.2. The minimum atomic E-state index is -0.662. The summed E-state index contributed by atoms with van der Waals surface area (Å²) in [4.78, 5) is 48.0. The molecule has 0 bridgehead atoms. The fourth-order valence-electron chi connectivity index (χ4n) is 3.17. The number of hydrogen-bond acceptors (Lipinski definition) is 5. The summed E-state index contributed by atoms with van der Waals surface area (Å²) in [7, 11) is 1.29. The van der Waals surface area contributed by atoms with E-state index in [1.807, 2.05) is 26.0 Å². The van der Waals surface area contributed by atoms with Gasteiger partial charge >= 0.3 is 5.97 Å². The molecule has 0 aliphatic carbocycles. The molecule has 3 amide bonds. The first-order valence-electron chi connectivity index (χ1n) is 11.5. The maximum Gasteiger partial charge on any atom is 0.328 e. The summed E-state index contributed by atoms with van der Waals surface area (Å²) in [5, 5.41) is 8.16. The number of nitrogens with one attached hydrogen (secondary N) is 3. The van der Waals surface area contributed by atoms with Gasteiger partial charge in [0.2, 0.25) is 11.8 Å². The number of rotatable bonds is 12. The van der Waals surface area contributed by atoms with Crippen molar-refractivity contribution in [2.24, 2.45) is 5.92 Å². The average Bonchev–Trinajstić information content (AvgIpc) is 2.74. The number of amides is 3. The van der Waals surface area contributed by atoms with Crippen LogP contribution in [0.5, 0.6) is 0 Å². The molecule has 0 saturated carbocycles. The quantitative estimate of drug-likeness (QED) is 0.327. The Balaban J connectivity index is 2.27. The summed E-state index contributed by atoms with van der Waals surface area (Å²) in [6.45, 7) is 10.8. The van der Waals surface area contributed by atoms with Crippen molar-refractivity contribution in [3.63, 3.8) is 0 Å². The number of carbonyl (C=O) groups is 4. The second-order valence-electron chi connectivity index (χ2n) is 9.56. The lowest BCUT2D eigenvalue weighted by molar-refractivity contribution is -0.145. The minimum absolute atomic E-state index is 0.0188. The van der Waals surface area contributed by atoms with Crippen LogP contribution < -0.4 is 16.0 Å². The van der Waals surface area contributed by atoms with E-state index in [9.17, 15) is 19.2 Å². The van der Waals surface area contributed by atoms with E-state index in [1.165, 1.54) is 7.11 Å². The third-order valence-electron chi connectivity index (χ3n) is 5.08. The molecule has 1 rings (SSSR count). The Morgan fingerprint density at radius 1 is 0.909 bits per heavy atom. The molecule has 8 nitrogen and oxygen atoms in total. The first kappa shape index (κ1) is 28.1. The summed E-state index contributed by atoms with van der Waals surface area (Å²) < 4.78 is 4.73. The summed E-state index contributed by atoms with van der Waals surface area (Å²) in [6.07, 6.45) is 1.28. The highest BCUT2D eigenvalue weighted by Crippen LogP contribution is 2.22. The van der Waals surface area contributed by atoms with Crippen molar-refractivity contribution in [2.75, 3.05) is 20.2 Å². The molecule has 0 fully saturated rings. The van der Waals surface area contributed by atoms with E-state index in [4.69, 9.17) is 4.74 Å². The molecule has 33 heavy (non-hydrogen) atoms. The van der Waals surface area contributed by atoms with Crippen LogP contribution in [0.2, 0.25) is 0 Å². The van der Waals surface area contributed by atoms with E-state index in [0.29, 0.717) is 24.9 Å². The average molecular weight is 462 g/mol. The number of hydrogen-bond donors (Lipinski definition) is 3. The fourth-order valence-corrected chi connectivity index (χ4v) is 3.17. The van der Waals surface area contributed by atoms with Gasteiger partial charge in [0.25, 0.3) is 5.91 Å². The zero-order chi connectivity index (χ0) is 25.0. The van der Waals surface area contributed by atoms with E-state index >= 15 is 0 Å². The van der Waals surface area contributed by atoms with Crippen LogP contribution in [-0.4, -0.2) is 49.9 Å². The molecular formula is C25H39N3O5. The number of esters is 1. The Hall–Kier alpha value is -2.90. The number of methoxy groups -OCH3 is 1. The molecule has 0 radical (unpaired) electrons. The van der Waals surface area contributed by atoms with Crippen molar-refractivity contribution < 1.29 is 23.9 Å². The predicted octanol–water partition coefficient (Wildman–Crippen LogP) is 2.70. The smallest absolute Gasteiger partial charge is 0.328 e. The Morgan fingerprint density at radius 2 is 1.55 bits per heavy atom. The van der Waals surface area contributed by atoms with Crippen molar-refractivity contribution in [1.29, 1.82) is 0 Å². The Labute approximate surface area is 197 Å². The van der Waals surface area contributed by atoms with Gasteiger partial charge in [-0.05, 0) is 41.9 Å². The van der Waals surface area contributed by atoms with Gasteiger partial charge in [-0.15, -0.1) is 0 Å². The van der Waals surface area contributed by atoms with Gasteiger partial charge in [0.05, 0.1) is 7.11 Å². The molecule has 0 saturated heterocycles. The molecule has 1 atom stereocenters. The molecule has 0 aromatic heterocycles. The first-order valence-corrected chi connectivity index (χ1v) is 11.5. The number of benzene rings is 1. The highest BCUT2D eigenvalue weighted by Gasteiger charge is 2.22. The van der Waals surface area contributed by atoms with Crippen LogP contribution >= 0.6 is 0 Å². The number of carbonyl (C=O) groups excluding carboxylic acids is 4. The Bertz CT molecular complexity index is 797.